The fourth-order valence-electron chi connectivity index (χ4n) is 8.45. The summed E-state index contributed by atoms with van der Waals surface area (Å²) in [5, 5.41) is 7.43. The Labute approximate surface area is 331 Å². The molecular weight excluding hydrogens is 689 g/mol. The lowest BCUT2D eigenvalue weighted by Crippen LogP contribution is -1.93. The molecular formula is C55H36N2. The minimum Gasteiger partial charge on any atom is -0.309 e. The van der Waals surface area contributed by atoms with Crippen LogP contribution in [0.2, 0.25) is 0 Å². The Bertz CT molecular complexity index is 3170. The maximum Gasteiger partial charge on any atom is 0.0715 e. The number of pyridine rings is 1. The number of rotatable bonds is 6. The summed E-state index contributed by atoms with van der Waals surface area (Å²) in [6, 6.07) is 78.8. The second kappa shape index (κ2) is 13.6. The first-order valence-corrected chi connectivity index (χ1v) is 19.5. The second-order valence-electron chi connectivity index (χ2n) is 14.8. The molecule has 11 rings (SSSR count). The van der Waals surface area contributed by atoms with Crippen LogP contribution in [0.15, 0.2) is 218 Å². The molecule has 0 aliphatic rings. The molecule has 0 saturated heterocycles. The molecule has 0 aliphatic carbocycles. The van der Waals surface area contributed by atoms with E-state index < -0.39 is 0 Å². The van der Waals surface area contributed by atoms with Crippen molar-refractivity contribution in [1.29, 1.82) is 0 Å². The fourth-order valence-corrected chi connectivity index (χ4v) is 8.45. The molecule has 266 valence electrons. The van der Waals surface area contributed by atoms with Crippen LogP contribution in [-0.4, -0.2) is 9.55 Å². The minimum atomic E-state index is 0.970. The highest BCUT2D eigenvalue weighted by Crippen LogP contribution is 2.36. The Balaban J connectivity index is 0.909. The smallest absolute Gasteiger partial charge is 0.0715 e. The molecule has 9 aromatic carbocycles. The fraction of sp³-hybridized carbons (Fsp3) is 0. The van der Waals surface area contributed by atoms with Gasteiger partial charge in [0.2, 0.25) is 0 Å². The van der Waals surface area contributed by atoms with Crippen molar-refractivity contribution in [2.75, 3.05) is 0 Å². The van der Waals surface area contributed by atoms with E-state index in [1.54, 1.807) is 0 Å². The molecule has 11 aromatic rings. The number of hydrogen-bond acceptors (Lipinski definition) is 1. The van der Waals surface area contributed by atoms with Crippen LogP contribution in [0.4, 0.5) is 0 Å². The van der Waals surface area contributed by atoms with Crippen molar-refractivity contribution in [1.82, 2.24) is 9.55 Å². The molecule has 2 nitrogen and oxygen atoms in total. The zero-order valence-corrected chi connectivity index (χ0v) is 31.2. The van der Waals surface area contributed by atoms with E-state index in [1.165, 1.54) is 76.9 Å². The number of para-hydroxylation sites is 2. The van der Waals surface area contributed by atoms with Crippen molar-refractivity contribution >= 4 is 43.4 Å². The normalized spacial score (nSPS) is 11.5. The molecule has 0 unspecified atom stereocenters. The quantitative estimate of drug-likeness (QED) is 0.167. The Morgan fingerprint density at radius 1 is 0.263 bits per heavy atom. The molecule has 0 fully saturated rings. The molecule has 0 N–H and O–H groups in total. The summed E-state index contributed by atoms with van der Waals surface area (Å²) in [6.45, 7) is 0. The second-order valence-corrected chi connectivity index (χ2v) is 14.8. The molecule has 0 radical (unpaired) electrons. The predicted molar refractivity (Wildman–Crippen MR) is 241 cm³/mol. The number of hydrogen-bond donors (Lipinski definition) is 0. The minimum absolute atomic E-state index is 0.970. The monoisotopic (exact) mass is 724 g/mol. The van der Waals surface area contributed by atoms with Gasteiger partial charge in [-0.15, -0.1) is 0 Å². The van der Waals surface area contributed by atoms with Crippen molar-refractivity contribution in [3.05, 3.63) is 218 Å². The van der Waals surface area contributed by atoms with Crippen LogP contribution in [0.3, 0.4) is 0 Å². The maximum absolute atomic E-state index is 5.08. The lowest BCUT2D eigenvalue weighted by molar-refractivity contribution is 1.19. The average Bonchev–Trinajstić information content (AvgIpc) is 3.63. The highest BCUT2D eigenvalue weighted by molar-refractivity contribution is 6.09. The Kier molecular flexibility index (Phi) is 7.86. The van der Waals surface area contributed by atoms with E-state index in [4.69, 9.17) is 4.98 Å². The Hall–Kier alpha value is -7.55. The Morgan fingerprint density at radius 2 is 0.667 bits per heavy atom. The van der Waals surface area contributed by atoms with Crippen LogP contribution in [0.5, 0.6) is 0 Å². The summed E-state index contributed by atoms with van der Waals surface area (Å²) < 4.78 is 2.38. The van der Waals surface area contributed by atoms with Crippen LogP contribution in [0.25, 0.3) is 105 Å². The molecule has 2 aromatic heterocycles. The van der Waals surface area contributed by atoms with Gasteiger partial charge in [-0.3, -0.25) is 0 Å². The topological polar surface area (TPSA) is 17.8 Å². The summed E-state index contributed by atoms with van der Waals surface area (Å²) in [7, 11) is 0. The van der Waals surface area contributed by atoms with Crippen molar-refractivity contribution in [3.63, 3.8) is 0 Å². The highest BCUT2D eigenvalue weighted by atomic mass is 15.0. The average molecular weight is 725 g/mol. The van der Waals surface area contributed by atoms with E-state index in [0.717, 1.165) is 28.1 Å². The van der Waals surface area contributed by atoms with E-state index in [9.17, 15) is 0 Å². The van der Waals surface area contributed by atoms with Gasteiger partial charge < -0.3 is 4.57 Å². The molecule has 57 heavy (non-hydrogen) atoms. The predicted octanol–water partition coefficient (Wildman–Crippen LogP) is 14.8. The van der Waals surface area contributed by atoms with E-state index in [2.05, 4.69) is 211 Å². The first kappa shape index (κ1) is 32.8. The summed E-state index contributed by atoms with van der Waals surface area (Å²) in [5.74, 6) is 0. The van der Waals surface area contributed by atoms with Gasteiger partial charge in [0, 0.05) is 27.6 Å². The molecule has 2 heterocycles. The molecule has 0 bridgehead atoms. The summed E-state index contributed by atoms with van der Waals surface area (Å²) in [5.41, 5.74) is 14.9. The van der Waals surface area contributed by atoms with Gasteiger partial charge in [-0.1, -0.05) is 158 Å². The molecule has 0 saturated carbocycles. The van der Waals surface area contributed by atoms with E-state index in [1.807, 2.05) is 12.1 Å². The van der Waals surface area contributed by atoms with Crippen LogP contribution in [-0.2, 0) is 0 Å². The largest absolute Gasteiger partial charge is 0.309 e. The summed E-state index contributed by atoms with van der Waals surface area (Å²) in [4.78, 5) is 5.08. The highest BCUT2D eigenvalue weighted by Gasteiger charge is 2.13. The van der Waals surface area contributed by atoms with Gasteiger partial charge >= 0.3 is 0 Å². The Morgan fingerprint density at radius 3 is 1.19 bits per heavy atom. The van der Waals surface area contributed by atoms with Gasteiger partial charge in [-0.05, 0) is 116 Å². The number of nitrogens with zero attached hydrogens (tertiary/aromatic N) is 2. The van der Waals surface area contributed by atoms with Crippen LogP contribution in [0.1, 0.15) is 0 Å². The summed E-state index contributed by atoms with van der Waals surface area (Å²) >= 11 is 0. The van der Waals surface area contributed by atoms with Crippen LogP contribution >= 0.6 is 0 Å². The van der Waals surface area contributed by atoms with Crippen LogP contribution in [0, 0.1) is 0 Å². The third-order valence-corrected chi connectivity index (χ3v) is 11.3. The van der Waals surface area contributed by atoms with Crippen molar-refractivity contribution < 1.29 is 0 Å². The van der Waals surface area contributed by atoms with Gasteiger partial charge in [0.15, 0.2) is 0 Å². The third kappa shape index (κ3) is 5.96. The molecule has 0 aliphatic heterocycles. The maximum atomic E-state index is 5.08. The van der Waals surface area contributed by atoms with Gasteiger partial charge in [0.25, 0.3) is 0 Å². The van der Waals surface area contributed by atoms with Crippen LogP contribution < -0.4 is 0 Å². The third-order valence-electron chi connectivity index (χ3n) is 11.3. The van der Waals surface area contributed by atoms with Crippen molar-refractivity contribution in [2.24, 2.45) is 0 Å². The molecule has 2 heteroatoms. The molecule has 0 amide bonds. The zero-order valence-electron chi connectivity index (χ0n) is 31.2. The van der Waals surface area contributed by atoms with E-state index in [-0.39, 0.29) is 0 Å². The number of fused-ring (bicyclic) bond motifs is 5. The molecule has 0 atom stereocenters. The van der Waals surface area contributed by atoms with Gasteiger partial charge in [-0.25, -0.2) is 4.98 Å². The van der Waals surface area contributed by atoms with Gasteiger partial charge in [0.05, 0.1) is 22.4 Å². The zero-order chi connectivity index (χ0) is 37.7. The first-order chi connectivity index (χ1) is 28.2. The lowest BCUT2D eigenvalue weighted by atomic mass is 9.94. The first-order valence-electron chi connectivity index (χ1n) is 19.5. The van der Waals surface area contributed by atoms with Crippen molar-refractivity contribution in [2.45, 2.75) is 0 Å². The SMILES string of the molecule is c1ccc(-c2cc(-c3ccc4cc(-c5cccc(-c6ccc7cc(-n8c9ccccc9c9ccccc98)ccc7c6)c5)ccc4c3)cc(-c3ccccc3)n2)cc1. The lowest BCUT2D eigenvalue weighted by Gasteiger charge is -2.12. The number of aromatic nitrogens is 2. The van der Waals surface area contributed by atoms with E-state index >= 15 is 0 Å². The van der Waals surface area contributed by atoms with Gasteiger partial charge in [0.1, 0.15) is 0 Å². The summed E-state index contributed by atoms with van der Waals surface area (Å²) in [6.07, 6.45) is 0. The van der Waals surface area contributed by atoms with Crippen molar-refractivity contribution in [3.8, 4) is 61.6 Å². The van der Waals surface area contributed by atoms with Gasteiger partial charge in [-0.2, -0.15) is 0 Å². The standard InChI is InChI=1S/C55H36N2/c1-3-12-37(13-4-1)52-35-48(36-53(56-52)38-14-5-2-6-15-38)46-26-24-43-31-41(22-23-44(43)33-46)39-16-11-17-40(30-39)42-25-27-47-34-49(29-28-45(47)32-42)57-54-20-9-7-18-50(54)51-19-8-10-21-55(51)57/h1-36H. The van der Waals surface area contributed by atoms with E-state index in [0.29, 0.717) is 0 Å². The number of benzene rings is 9. The molecule has 0 spiro atoms.